The third-order valence-corrected chi connectivity index (χ3v) is 11.7. The van der Waals surface area contributed by atoms with Crippen molar-refractivity contribution in [3.8, 4) is 17.3 Å². The van der Waals surface area contributed by atoms with E-state index >= 15 is 0 Å². The van der Waals surface area contributed by atoms with Crippen LogP contribution >= 0.6 is 15.9 Å². The molecule has 0 bridgehead atoms. The summed E-state index contributed by atoms with van der Waals surface area (Å²) in [6, 6.07) is 4.55. The number of carbonyl (C=O) groups excluding carboxylic acids is 3. The summed E-state index contributed by atoms with van der Waals surface area (Å²) in [7, 11) is 0.227. The topological polar surface area (TPSA) is 151 Å². The van der Waals surface area contributed by atoms with E-state index in [9.17, 15) is 27.2 Å². The van der Waals surface area contributed by atoms with Crippen molar-refractivity contribution in [3.05, 3.63) is 51.9 Å². The number of ether oxygens (including phenoxy) is 1. The number of benzene rings is 1. The van der Waals surface area contributed by atoms with Crippen LogP contribution in [-0.4, -0.2) is 84.6 Å². The Balaban J connectivity index is 1.30. The number of allylic oxidation sites excluding steroid dienone is 1. The molecule has 0 unspecified atom stereocenters. The summed E-state index contributed by atoms with van der Waals surface area (Å²) in [4.78, 5) is 52.4. The van der Waals surface area contributed by atoms with Gasteiger partial charge in [0.15, 0.2) is 5.82 Å². The number of aromatic nitrogens is 2. The average Bonchev–Trinajstić information content (AvgIpc) is 3.33. The molecule has 3 aliphatic carbocycles. The van der Waals surface area contributed by atoms with Gasteiger partial charge in [-0.1, -0.05) is 28.1 Å². The molecule has 2 heterocycles. The van der Waals surface area contributed by atoms with Gasteiger partial charge in [0, 0.05) is 43.6 Å². The van der Waals surface area contributed by atoms with Crippen LogP contribution in [0, 0.1) is 23.6 Å². The minimum atomic E-state index is -4.11. The summed E-state index contributed by atoms with van der Waals surface area (Å²) in [5.41, 5.74) is 0.390. The molecule has 2 aromatic rings. The van der Waals surface area contributed by atoms with Crippen LogP contribution in [0.25, 0.3) is 11.4 Å². The van der Waals surface area contributed by atoms with Gasteiger partial charge in [0.1, 0.15) is 17.5 Å². The fourth-order valence-corrected chi connectivity index (χ4v) is 7.91. The van der Waals surface area contributed by atoms with E-state index in [1.165, 1.54) is 20.2 Å². The van der Waals surface area contributed by atoms with Crippen LogP contribution in [0.3, 0.4) is 0 Å². The van der Waals surface area contributed by atoms with Crippen molar-refractivity contribution >= 4 is 43.9 Å². The van der Waals surface area contributed by atoms with Crippen molar-refractivity contribution in [3.63, 3.8) is 0 Å². The Morgan fingerprint density at radius 2 is 1.92 bits per heavy atom. The van der Waals surface area contributed by atoms with Crippen molar-refractivity contribution < 1.29 is 31.9 Å². The zero-order valence-corrected chi connectivity index (χ0v) is 29.6. The minimum absolute atomic E-state index is 0.170. The van der Waals surface area contributed by atoms with Crippen LogP contribution < -0.4 is 14.8 Å². The Bertz CT molecular complexity index is 1770. The number of hydrogen-bond acceptors (Lipinski definition) is 8. The van der Waals surface area contributed by atoms with Gasteiger partial charge in [0.25, 0.3) is 5.91 Å². The molecule has 3 amide bonds. The number of carbonyl (C=O) groups is 3. The zero-order chi connectivity index (χ0) is 34.4. The number of hydrogen-bond donors (Lipinski definition) is 2. The summed E-state index contributed by atoms with van der Waals surface area (Å²) in [5.74, 6) is -3.45. The Morgan fingerprint density at radius 1 is 1.15 bits per heavy atom. The molecule has 2 fully saturated rings. The fraction of sp³-hybridized carbons (Fsp3) is 0.545. The molecular formula is C33H40BrFN6O6S. The molecule has 1 aromatic heterocycles. The second kappa shape index (κ2) is 13.5. The second-order valence-electron chi connectivity index (χ2n) is 13.4. The fourth-order valence-electron chi connectivity index (χ4n) is 6.95. The molecule has 6 rings (SSSR count). The van der Waals surface area contributed by atoms with E-state index in [2.05, 4.69) is 35.9 Å². The van der Waals surface area contributed by atoms with Gasteiger partial charge in [-0.2, -0.15) is 17.7 Å². The molecule has 4 aliphatic rings. The molecule has 2 N–H and O–H groups in total. The molecule has 2 saturated carbocycles. The first-order valence-corrected chi connectivity index (χ1v) is 18.5. The first kappa shape index (κ1) is 34.4. The quantitative estimate of drug-likeness (QED) is 0.428. The number of nitrogens with zero attached hydrogens (tertiary/aromatic N) is 4. The molecule has 48 heavy (non-hydrogen) atoms. The molecule has 0 saturated heterocycles. The maximum Gasteiger partial charge on any atom is 0.303 e. The van der Waals surface area contributed by atoms with Gasteiger partial charge in [-0.25, -0.2) is 14.1 Å². The lowest BCUT2D eigenvalue weighted by Gasteiger charge is -2.27. The lowest BCUT2D eigenvalue weighted by atomic mass is 9.93. The van der Waals surface area contributed by atoms with Crippen molar-refractivity contribution in [1.29, 1.82) is 0 Å². The predicted octanol–water partition coefficient (Wildman–Crippen LogP) is 3.30. The third kappa shape index (κ3) is 6.86. The minimum Gasteiger partial charge on any atom is -0.474 e. The Hall–Kier alpha value is -3.43. The maximum absolute atomic E-state index is 14.9. The smallest absolute Gasteiger partial charge is 0.303 e. The number of fused-ring (bicyclic) bond motifs is 3. The van der Waals surface area contributed by atoms with Gasteiger partial charge in [0.05, 0.1) is 23.1 Å². The van der Waals surface area contributed by atoms with Crippen LogP contribution in [-0.2, 0) is 37.4 Å². The molecule has 5 atom stereocenters. The largest absolute Gasteiger partial charge is 0.474 e. The SMILES string of the molecule is CN1CCCCC=C[C@@H]2C[C@@]2(C(=O)NS(=O)(=O)N(C)C)NC(=O)[C@@H]2C[C@@H](Oc3nc(-c4cc(Br)ccc4F)nc4c3CCC4)C[C@H]2C1=O. The highest BCUT2D eigenvalue weighted by Gasteiger charge is 2.62. The van der Waals surface area contributed by atoms with Gasteiger partial charge in [-0.15, -0.1) is 0 Å². The van der Waals surface area contributed by atoms with Crippen molar-refractivity contribution in [2.24, 2.45) is 17.8 Å². The number of aryl methyl sites for hydroxylation is 1. The van der Waals surface area contributed by atoms with E-state index in [-0.39, 0.29) is 36.6 Å². The summed E-state index contributed by atoms with van der Waals surface area (Å²) < 4.78 is 50.2. The van der Waals surface area contributed by atoms with Crippen LogP contribution in [0.1, 0.15) is 56.2 Å². The molecule has 0 spiro atoms. The van der Waals surface area contributed by atoms with Gasteiger partial charge < -0.3 is 15.0 Å². The lowest BCUT2D eigenvalue weighted by molar-refractivity contribution is -0.140. The highest BCUT2D eigenvalue weighted by molar-refractivity contribution is 9.10. The van der Waals surface area contributed by atoms with Crippen LogP contribution in [0.5, 0.6) is 5.88 Å². The molecule has 0 radical (unpaired) electrons. The maximum atomic E-state index is 14.9. The lowest BCUT2D eigenvalue weighted by Crippen LogP contribution is -2.55. The number of rotatable bonds is 6. The third-order valence-electron chi connectivity index (χ3n) is 9.84. The number of nitrogens with one attached hydrogen (secondary N) is 2. The first-order chi connectivity index (χ1) is 22.8. The summed E-state index contributed by atoms with van der Waals surface area (Å²) in [5, 5.41) is 2.87. The van der Waals surface area contributed by atoms with Crippen molar-refractivity contribution in [2.75, 3.05) is 27.7 Å². The van der Waals surface area contributed by atoms with Gasteiger partial charge in [-0.05, 0) is 76.0 Å². The van der Waals surface area contributed by atoms with Crippen LogP contribution in [0.2, 0.25) is 0 Å². The Kier molecular flexibility index (Phi) is 9.66. The number of halogens is 2. The van der Waals surface area contributed by atoms with E-state index in [0.717, 1.165) is 41.2 Å². The highest BCUT2D eigenvalue weighted by atomic mass is 79.9. The Morgan fingerprint density at radius 3 is 2.69 bits per heavy atom. The summed E-state index contributed by atoms with van der Waals surface area (Å²) >= 11 is 3.39. The van der Waals surface area contributed by atoms with Crippen LogP contribution in [0.15, 0.2) is 34.8 Å². The summed E-state index contributed by atoms with van der Waals surface area (Å²) in [6.45, 7) is 0.530. The van der Waals surface area contributed by atoms with Gasteiger partial charge in [-0.3, -0.25) is 14.4 Å². The zero-order valence-electron chi connectivity index (χ0n) is 27.2. The van der Waals surface area contributed by atoms with E-state index in [1.807, 2.05) is 12.2 Å². The monoisotopic (exact) mass is 746 g/mol. The molecule has 1 aromatic carbocycles. The van der Waals surface area contributed by atoms with E-state index < -0.39 is 57.2 Å². The molecule has 258 valence electrons. The second-order valence-corrected chi connectivity index (χ2v) is 16.2. The number of amides is 3. The standard InChI is InChI=1S/C33H40BrFN6O6S/c1-40(2)48(45,46)39-32(44)33-18-19(33)9-6-4-5-7-14-41(3)31(43)24-17-21(16-23(24)29(42)38-33)47-30-22-10-8-11-27(22)36-28(37-30)25-15-20(34)12-13-26(25)35/h6,9,12-13,15,19,21,23-24H,4-5,7-8,10-11,14,16-18H2,1-3H3,(H,38,42)(H,39,44)/t19-,21-,23-,24-,33-/m1/s1. The van der Waals surface area contributed by atoms with Crippen molar-refractivity contribution in [2.45, 2.75) is 69.4 Å². The normalized spacial score (nSPS) is 27.5. The Labute approximate surface area is 288 Å². The van der Waals surface area contributed by atoms with E-state index in [0.29, 0.717) is 29.7 Å². The first-order valence-electron chi connectivity index (χ1n) is 16.3. The molecular weight excluding hydrogens is 707 g/mol. The average molecular weight is 748 g/mol. The van der Waals surface area contributed by atoms with E-state index in [1.54, 1.807) is 24.1 Å². The molecule has 12 nitrogen and oxygen atoms in total. The molecule has 15 heteroatoms. The van der Waals surface area contributed by atoms with Gasteiger partial charge >= 0.3 is 10.2 Å². The van der Waals surface area contributed by atoms with Gasteiger partial charge in [0.2, 0.25) is 17.7 Å². The predicted molar refractivity (Wildman–Crippen MR) is 178 cm³/mol. The van der Waals surface area contributed by atoms with Crippen molar-refractivity contribution in [1.82, 2.24) is 29.2 Å². The van der Waals surface area contributed by atoms with Crippen LogP contribution in [0.4, 0.5) is 4.39 Å². The molecule has 1 aliphatic heterocycles. The summed E-state index contributed by atoms with van der Waals surface area (Å²) in [6.07, 6.45) is 8.39. The highest BCUT2D eigenvalue weighted by Crippen LogP contribution is 2.47. The van der Waals surface area contributed by atoms with E-state index in [4.69, 9.17) is 4.74 Å².